The second-order valence-electron chi connectivity index (χ2n) is 8.17. The average molecular weight is 576 g/mol. The summed E-state index contributed by atoms with van der Waals surface area (Å²) in [5.74, 6) is 4.00. The zero-order valence-electron chi connectivity index (χ0n) is 19.3. The van der Waals surface area contributed by atoms with Crippen LogP contribution in [0.1, 0.15) is 24.7 Å². The maximum atomic E-state index is 4.94. The Morgan fingerprint density at radius 1 is 1.12 bits per heavy atom. The minimum absolute atomic E-state index is 0. The van der Waals surface area contributed by atoms with Crippen LogP contribution < -0.4 is 5.32 Å². The first-order valence-corrected chi connectivity index (χ1v) is 12.6. The molecule has 7 heteroatoms. The van der Waals surface area contributed by atoms with Gasteiger partial charge in [0.2, 0.25) is 0 Å². The van der Waals surface area contributed by atoms with Crippen molar-refractivity contribution in [3.63, 3.8) is 0 Å². The molecule has 2 heterocycles. The highest BCUT2D eigenvalue weighted by atomic mass is 127. The summed E-state index contributed by atoms with van der Waals surface area (Å²) < 4.78 is 2.23. The lowest BCUT2D eigenvalue weighted by Crippen LogP contribution is -2.40. The van der Waals surface area contributed by atoms with Crippen LogP contribution in [0.2, 0.25) is 0 Å². The molecule has 0 bridgehead atoms. The van der Waals surface area contributed by atoms with E-state index in [1.54, 1.807) is 0 Å². The molecule has 0 aliphatic carbocycles. The molecule has 0 spiro atoms. The number of halogens is 1. The lowest BCUT2D eigenvalue weighted by atomic mass is 10.2. The SMILES string of the molecule is CCNC(=NCCc1nccn1Cc1ccccc1)N1CCC(CSc2ccccc2)C1.I. The summed E-state index contributed by atoms with van der Waals surface area (Å²) in [4.78, 5) is 13.3. The van der Waals surface area contributed by atoms with Crippen LogP contribution in [0.3, 0.4) is 0 Å². The van der Waals surface area contributed by atoms with Gasteiger partial charge in [-0.25, -0.2) is 4.98 Å². The number of hydrogen-bond acceptors (Lipinski definition) is 3. The van der Waals surface area contributed by atoms with E-state index in [0.29, 0.717) is 5.92 Å². The number of hydrogen-bond donors (Lipinski definition) is 1. The van der Waals surface area contributed by atoms with Gasteiger partial charge in [-0.15, -0.1) is 35.7 Å². The second-order valence-corrected chi connectivity index (χ2v) is 9.26. The fourth-order valence-corrected chi connectivity index (χ4v) is 5.12. The normalized spacial score (nSPS) is 16.0. The van der Waals surface area contributed by atoms with Gasteiger partial charge in [0, 0.05) is 62.2 Å². The molecule has 1 aromatic heterocycles. The predicted octanol–water partition coefficient (Wildman–Crippen LogP) is 5.17. The van der Waals surface area contributed by atoms with Crippen molar-refractivity contribution in [2.24, 2.45) is 10.9 Å². The molecule has 0 radical (unpaired) electrons. The van der Waals surface area contributed by atoms with Crippen molar-refractivity contribution in [2.75, 3.05) is 31.9 Å². The Balaban J connectivity index is 0.00000306. The first kappa shape index (κ1) is 25.6. The number of aliphatic imine (C=N–C) groups is 1. The van der Waals surface area contributed by atoms with E-state index in [0.717, 1.165) is 56.7 Å². The lowest BCUT2D eigenvalue weighted by molar-refractivity contribution is 0.474. The summed E-state index contributed by atoms with van der Waals surface area (Å²) in [6.45, 7) is 6.78. The number of aromatic nitrogens is 2. The number of thioether (sulfide) groups is 1. The van der Waals surface area contributed by atoms with Crippen molar-refractivity contribution in [2.45, 2.75) is 31.2 Å². The van der Waals surface area contributed by atoms with Gasteiger partial charge in [-0.2, -0.15) is 0 Å². The molecule has 0 amide bonds. The van der Waals surface area contributed by atoms with Gasteiger partial charge in [0.05, 0.1) is 0 Å². The number of imidazole rings is 1. The molecule has 1 aliphatic rings. The van der Waals surface area contributed by atoms with E-state index in [1.165, 1.54) is 16.9 Å². The summed E-state index contributed by atoms with van der Waals surface area (Å²) in [5.41, 5.74) is 1.29. The van der Waals surface area contributed by atoms with E-state index in [1.807, 2.05) is 18.0 Å². The molecule has 33 heavy (non-hydrogen) atoms. The second kappa shape index (κ2) is 13.6. The summed E-state index contributed by atoms with van der Waals surface area (Å²) >= 11 is 1.97. The molecule has 1 fully saturated rings. The van der Waals surface area contributed by atoms with Crippen molar-refractivity contribution in [1.29, 1.82) is 0 Å². The molecule has 1 N–H and O–H groups in total. The van der Waals surface area contributed by atoms with Gasteiger partial charge >= 0.3 is 0 Å². The van der Waals surface area contributed by atoms with Crippen molar-refractivity contribution in [3.05, 3.63) is 84.4 Å². The molecule has 5 nitrogen and oxygen atoms in total. The van der Waals surface area contributed by atoms with Gasteiger partial charge in [-0.05, 0) is 37.0 Å². The molecular weight excluding hydrogens is 541 g/mol. The molecule has 176 valence electrons. The van der Waals surface area contributed by atoms with Crippen LogP contribution in [0.4, 0.5) is 0 Å². The van der Waals surface area contributed by atoms with Crippen LogP contribution in [0, 0.1) is 5.92 Å². The van der Waals surface area contributed by atoms with E-state index in [2.05, 4.69) is 93.6 Å². The fraction of sp³-hybridized carbons (Fsp3) is 0.385. The van der Waals surface area contributed by atoms with Gasteiger partial charge in [0.1, 0.15) is 5.82 Å². The standard InChI is InChI=1S/C26H33N5S.HI/c1-2-27-26(31-17-14-23(20-31)21-32-24-11-7-4-8-12-24)29-15-13-25-28-16-18-30(25)19-22-9-5-3-6-10-22;/h3-12,16,18,23H,2,13-15,17,19-21H2,1H3,(H,27,29);1H. The smallest absolute Gasteiger partial charge is 0.193 e. The van der Waals surface area contributed by atoms with Crippen molar-refractivity contribution < 1.29 is 0 Å². The number of nitrogens with one attached hydrogen (secondary N) is 1. The zero-order valence-corrected chi connectivity index (χ0v) is 22.4. The van der Waals surface area contributed by atoms with Crippen LogP contribution in [-0.2, 0) is 13.0 Å². The van der Waals surface area contributed by atoms with Gasteiger partial charge in [0.15, 0.2) is 5.96 Å². The molecule has 1 unspecified atom stereocenters. The number of likely N-dealkylation sites (tertiary alicyclic amines) is 1. The maximum absolute atomic E-state index is 4.94. The monoisotopic (exact) mass is 575 g/mol. The highest BCUT2D eigenvalue weighted by molar-refractivity contribution is 14.0. The Morgan fingerprint density at radius 2 is 1.88 bits per heavy atom. The number of rotatable bonds is 9. The lowest BCUT2D eigenvalue weighted by Gasteiger charge is -2.21. The van der Waals surface area contributed by atoms with Crippen LogP contribution in [0.15, 0.2) is 82.9 Å². The van der Waals surface area contributed by atoms with Crippen LogP contribution in [0.5, 0.6) is 0 Å². The topological polar surface area (TPSA) is 45.5 Å². The van der Waals surface area contributed by atoms with Crippen LogP contribution in [-0.4, -0.2) is 52.3 Å². The number of nitrogens with zero attached hydrogens (tertiary/aromatic N) is 4. The number of guanidine groups is 1. The minimum Gasteiger partial charge on any atom is -0.357 e. The fourth-order valence-electron chi connectivity index (χ4n) is 4.07. The molecule has 4 rings (SSSR count). The Kier molecular flexibility index (Phi) is 10.6. The van der Waals surface area contributed by atoms with Crippen LogP contribution in [0.25, 0.3) is 0 Å². The third-order valence-electron chi connectivity index (χ3n) is 5.74. The molecule has 1 saturated heterocycles. The van der Waals surface area contributed by atoms with Gasteiger partial charge in [-0.3, -0.25) is 4.99 Å². The summed E-state index contributed by atoms with van der Waals surface area (Å²) in [5, 5.41) is 3.50. The van der Waals surface area contributed by atoms with Crippen molar-refractivity contribution >= 4 is 41.7 Å². The van der Waals surface area contributed by atoms with Gasteiger partial charge < -0.3 is 14.8 Å². The minimum atomic E-state index is 0. The summed E-state index contributed by atoms with van der Waals surface area (Å²) in [6, 6.07) is 21.2. The van der Waals surface area contributed by atoms with E-state index in [-0.39, 0.29) is 24.0 Å². The number of benzene rings is 2. The average Bonchev–Trinajstić information content (AvgIpc) is 3.48. The highest BCUT2D eigenvalue weighted by Crippen LogP contribution is 2.25. The Labute approximate surface area is 219 Å². The van der Waals surface area contributed by atoms with Crippen molar-refractivity contribution in [3.8, 4) is 0 Å². The van der Waals surface area contributed by atoms with E-state index >= 15 is 0 Å². The first-order valence-electron chi connectivity index (χ1n) is 11.6. The third kappa shape index (κ3) is 7.78. The molecule has 3 aromatic rings. The zero-order chi connectivity index (χ0) is 22.0. The third-order valence-corrected chi connectivity index (χ3v) is 6.99. The van der Waals surface area contributed by atoms with E-state index < -0.39 is 0 Å². The molecular formula is C26H34IN5S. The summed E-state index contributed by atoms with van der Waals surface area (Å²) in [6.07, 6.45) is 6.02. The Morgan fingerprint density at radius 3 is 2.64 bits per heavy atom. The summed E-state index contributed by atoms with van der Waals surface area (Å²) in [7, 11) is 0. The van der Waals surface area contributed by atoms with E-state index in [9.17, 15) is 0 Å². The Hall–Kier alpha value is -2.00. The molecule has 1 atom stereocenters. The predicted molar refractivity (Wildman–Crippen MR) is 150 cm³/mol. The molecule has 1 aliphatic heterocycles. The van der Waals surface area contributed by atoms with Gasteiger partial charge in [0.25, 0.3) is 0 Å². The van der Waals surface area contributed by atoms with Crippen LogP contribution >= 0.6 is 35.7 Å². The van der Waals surface area contributed by atoms with Crippen molar-refractivity contribution in [1.82, 2.24) is 19.8 Å². The maximum Gasteiger partial charge on any atom is 0.193 e. The van der Waals surface area contributed by atoms with E-state index in [4.69, 9.17) is 4.99 Å². The highest BCUT2D eigenvalue weighted by Gasteiger charge is 2.24. The Bertz CT molecular complexity index is 977. The largest absolute Gasteiger partial charge is 0.357 e. The quantitative estimate of drug-likeness (QED) is 0.166. The first-order chi connectivity index (χ1) is 15.8. The molecule has 0 saturated carbocycles. The molecule has 2 aromatic carbocycles. The van der Waals surface area contributed by atoms with Gasteiger partial charge in [-0.1, -0.05) is 48.5 Å².